The minimum absolute atomic E-state index is 0.0515. The second-order valence-corrected chi connectivity index (χ2v) is 7.93. The second kappa shape index (κ2) is 7.61. The molecule has 3 aromatic rings. The van der Waals surface area contributed by atoms with Crippen molar-refractivity contribution in [3.8, 4) is 11.7 Å². The maximum atomic E-state index is 12.5. The average molecular weight is 419 g/mol. The van der Waals surface area contributed by atoms with Crippen molar-refractivity contribution < 1.29 is 26.1 Å². The first-order valence-electron chi connectivity index (χ1n) is 7.63. The number of nitrogens with zero attached hydrogens (tertiary/aromatic N) is 4. The predicted octanol–water partition coefficient (Wildman–Crippen LogP) is 3.67. The van der Waals surface area contributed by atoms with Gasteiger partial charge in [-0.05, 0) is 25.1 Å². The molecule has 0 atom stereocenters. The highest BCUT2D eigenvalue weighted by molar-refractivity contribution is 7.92. The van der Waals surface area contributed by atoms with Crippen LogP contribution >= 0.6 is 11.6 Å². The van der Waals surface area contributed by atoms with E-state index in [1.54, 1.807) is 18.2 Å². The number of benzene rings is 1. The molecule has 0 spiro atoms. The largest absolute Gasteiger partial charge is 0.412 e. The molecule has 0 aliphatic rings. The summed E-state index contributed by atoms with van der Waals surface area (Å²) in [6.45, 7) is 1.35. The Bertz CT molecular complexity index is 1040. The third-order valence-corrected chi connectivity index (χ3v) is 5.48. The van der Waals surface area contributed by atoms with Gasteiger partial charge in [-0.15, -0.1) is 10.2 Å². The lowest BCUT2D eigenvalue weighted by Crippen LogP contribution is -2.31. The van der Waals surface area contributed by atoms with Crippen molar-refractivity contribution in [2.45, 2.75) is 19.9 Å². The van der Waals surface area contributed by atoms with Gasteiger partial charge in [-0.3, -0.25) is 4.31 Å². The van der Waals surface area contributed by atoms with Crippen molar-refractivity contribution in [2.24, 2.45) is 0 Å². The smallest absolute Gasteiger partial charge is 0.314 e. The van der Waals surface area contributed by atoms with Crippen LogP contribution in [-0.4, -0.2) is 29.5 Å². The number of halogens is 3. The quantitative estimate of drug-likeness (QED) is 0.576. The maximum Gasteiger partial charge on any atom is 0.314 e. The molecule has 1 aromatic carbocycles. The van der Waals surface area contributed by atoms with Gasteiger partial charge in [-0.1, -0.05) is 22.8 Å². The number of hydrogen-bond acceptors (Lipinski definition) is 7. The van der Waals surface area contributed by atoms with Crippen LogP contribution in [0, 0.1) is 0 Å². The summed E-state index contributed by atoms with van der Waals surface area (Å²) in [6, 6.07) is 7.67. The molecule has 0 amide bonds. The van der Waals surface area contributed by atoms with E-state index >= 15 is 0 Å². The molecule has 12 heteroatoms. The zero-order valence-corrected chi connectivity index (χ0v) is 15.4. The summed E-state index contributed by atoms with van der Waals surface area (Å²) in [6.07, 6.45) is -2.92. The molecular weight excluding hydrogens is 406 g/mol. The Labute approximate surface area is 157 Å². The van der Waals surface area contributed by atoms with Crippen molar-refractivity contribution in [1.82, 2.24) is 15.4 Å². The minimum Gasteiger partial charge on any atom is -0.412 e. The van der Waals surface area contributed by atoms with Crippen LogP contribution in [0.3, 0.4) is 0 Å². The summed E-state index contributed by atoms with van der Waals surface area (Å²) in [5.41, 5.74) is 0.575. The Hall–Kier alpha value is -2.53. The molecule has 0 radical (unpaired) electrons. The van der Waals surface area contributed by atoms with Gasteiger partial charge in [0.25, 0.3) is 11.8 Å². The molecule has 2 aromatic heterocycles. The van der Waals surface area contributed by atoms with Gasteiger partial charge in [0.2, 0.25) is 15.8 Å². The van der Waals surface area contributed by atoms with E-state index in [0.29, 0.717) is 10.7 Å². The van der Waals surface area contributed by atoms with Gasteiger partial charge in [0.05, 0.1) is 18.0 Å². The molecule has 0 saturated carbocycles. The zero-order valence-electron chi connectivity index (χ0n) is 13.8. The Morgan fingerprint density at radius 1 is 1.26 bits per heavy atom. The maximum absolute atomic E-state index is 12.5. The normalized spacial score (nSPS) is 11.9. The van der Waals surface area contributed by atoms with Crippen molar-refractivity contribution in [3.63, 3.8) is 0 Å². The molecule has 0 aliphatic heterocycles. The molecule has 0 aliphatic carbocycles. The molecule has 0 bridgehead atoms. The number of rotatable bonds is 7. The molecule has 27 heavy (non-hydrogen) atoms. The van der Waals surface area contributed by atoms with Crippen molar-refractivity contribution in [1.29, 1.82) is 0 Å². The Morgan fingerprint density at radius 2 is 2.04 bits per heavy atom. The number of aromatic nitrogens is 3. The van der Waals surface area contributed by atoms with Crippen LogP contribution in [0.2, 0.25) is 5.02 Å². The summed E-state index contributed by atoms with van der Waals surface area (Å²) in [4.78, 5) is 0. The van der Waals surface area contributed by atoms with Crippen LogP contribution in [-0.2, 0) is 16.6 Å². The number of hydrogen-bond donors (Lipinski definition) is 0. The summed E-state index contributed by atoms with van der Waals surface area (Å²) in [5, 5.41) is 10.8. The van der Waals surface area contributed by atoms with Gasteiger partial charge in [-0.25, -0.2) is 8.42 Å². The Kier molecular flexibility index (Phi) is 5.42. The van der Waals surface area contributed by atoms with Crippen molar-refractivity contribution in [2.75, 3.05) is 10.1 Å². The third-order valence-electron chi connectivity index (χ3n) is 3.50. The van der Waals surface area contributed by atoms with E-state index in [4.69, 9.17) is 20.5 Å². The highest BCUT2D eigenvalue weighted by atomic mass is 35.5. The summed E-state index contributed by atoms with van der Waals surface area (Å²) in [7, 11) is -3.65. The molecule has 8 nitrogen and oxygen atoms in total. The fourth-order valence-corrected chi connectivity index (χ4v) is 3.45. The highest BCUT2D eigenvalue weighted by Gasteiger charge is 2.24. The number of alkyl halides is 2. The first-order chi connectivity index (χ1) is 12.8. The standard InChI is InChI=1S/C15H13ClF2N4O4S/c1-2-27(23,24)22(11-5-3-4-9(16)6-11)8-10-7-12(26-21-10)14-19-20-15(25-14)13(17)18/h3-7,13H,2,8H2,1H3. The Morgan fingerprint density at radius 3 is 2.67 bits per heavy atom. The van der Waals surface area contributed by atoms with E-state index in [1.165, 1.54) is 19.1 Å². The van der Waals surface area contributed by atoms with Crippen LogP contribution in [0.4, 0.5) is 14.5 Å². The monoisotopic (exact) mass is 418 g/mol. The van der Waals surface area contributed by atoms with Gasteiger partial charge in [0.15, 0.2) is 0 Å². The molecule has 0 fully saturated rings. The first-order valence-corrected chi connectivity index (χ1v) is 9.62. The SMILES string of the molecule is CCS(=O)(=O)N(Cc1cc(-c2nnc(C(F)F)o2)on1)c1cccc(Cl)c1. The summed E-state index contributed by atoms with van der Waals surface area (Å²) >= 11 is 5.95. The van der Waals surface area contributed by atoms with Crippen molar-refractivity contribution >= 4 is 27.3 Å². The highest BCUT2D eigenvalue weighted by Crippen LogP contribution is 2.27. The molecule has 144 valence electrons. The number of anilines is 1. The molecule has 2 heterocycles. The summed E-state index contributed by atoms with van der Waals surface area (Å²) in [5.74, 6) is -1.33. The van der Waals surface area contributed by atoms with Crippen molar-refractivity contribution in [3.05, 3.63) is 46.9 Å². The molecular formula is C15H13ClF2N4O4S. The van der Waals surface area contributed by atoms with E-state index in [-0.39, 0.29) is 29.6 Å². The molecule has 0 saturated heterocycles. The zero-order chi connectivity index (χ0) is 19.6. The van der Waals surface area contributed by atoms with E-state index < -0.39 is 22.3 Å². The van der Waals surface area contributed by atoms with E-state index in [0.717, 1.165) is 4.31 Å². The molecule has 3 rings (SSSR count). The van der Waals surface area contributed by atoms with Crippen LogP contribution in [0.25, 0.3) is 11.7 Å². The second-order valence-electron chi connectivity index (χ2n) is 5.32. The van der Waals surface area contributed by atoms with Crippen LogP contribution in [0.15, 0.2) is 39.3 Å². The lowest BCUT2D eigenvalue weighted by Gasteiger charge is -2.22. The van der Waals surface area contributed by atoms with Crippen LogP contribution in [0.1, 0.15) is 24.9 Å². The van der Waals surface area contributed by atoms with Gasteiger partial charge in [0, 0.05) is 11.1 Å². The lowest BCUT2D eigenvalue weighted by atomic mass is 10.3. The van der Waals surface area contributed by atoms with E-state index in [2.05, 4.69) is 15.4 Å². The van der Waals surface area contributed by atoms with Crippen LogP contribution in [0.5, 0.6) is 0 Å². The van der Waals surface area contributed by atoms with E-state index in [1.807, 2.05) is 0 Å². The third kappa shape index (κ3) is 4.25. The fraction of sp³-hybridized carbons (Fsp3) is 0.267. The molecule has 0 unspecified atom stereocenters. The Balaban J connectivity index is 1.89. The van der Waals surface area contributed by atoms with Gasteiger partial charge < -0.3 is 8.94 Å². The average Bonchev–Trinajstić information content (AvgIpc) is 3.28. The predicted molar refractivity (Wildman–Crippen MR) is 91.8 cm³/mol. The minimum atomic E-state index is -3.65. The first kappa shape index (κ1) is 19.2. The number of sulfonamides is 1. The van der Waals surface area contributed by atoms with Gasteiger partial charge in [0.1, 0.15) is 5.69 Å². The lowest BCUT2D eigenvalue weighted by molar-refractivity contribution is 0.115. The molecule has 0 N–H and O–H groups in total. The van der Waals surface area contributed by atoms with E-state index in [9.17, 15) is 17.2 Å². The topological polar surface area (TPSA) is 102 Å². The fourth-order valence-electron chi connectivity index (χ4n) is 2.19. The van der Waals surface area contributed by atoms with Crippen LogP contribution < -0.4 is 4.31 Å². The summed E-state index contributed by atoms with van der Waals surface area (Å²) < 4.78 is 60.9. The van der Waals surface area contributed by atoms with Gasteiger partial charge >= 0.3 is 6.43 Å². The van der Waals surface area contributed by atoms with Gasteiger partial charge in [-0.2, -0.15) is 8.78 Å².